The fourth-order valence-electron chi connectivity index (χ4n) is 10.1. The van der Waals surface area contributed by atoms with Crippen LogP contribution in [0, 0.1) is 25.2 Å². The van der Waals surface area contributed by atoms with Crippen LogP contribution in [0.25, 0.3) is 21.8 Å². The second-order valence-electron chi connectivity index (χ2n) is 17.5. The highest BCUT2D eigenvalue weighted by Crippen LogP contribution is 2.40. The van der Waals surface area contributed by atoms with E-state index in [4.69, 9.17) is 34.4 Å². The molecule has 4 saturated heterocycles. The third-order valence-electron chi connectivity index (χ3n) is 13.3. The second kappa shape index (κ2) is 15.8. The zero-order valence-corrected chi connectivity index (χ0v) is 36.1. The first-order chi connectivity index (χ1) is 30.4. The Morgan fingerprint density at radius 2 is 1.44 bits per heavy atom. The minimum atomic E-state index is -2.99. The molecule has 2 aromatic carbocycles. The summed E-state index contributed by atoms with van der Waals surface area (Å²) in [4.78, 5) is 14.5. The van der Waals surface area contributed by atoms with Gasteiger partial charge in [0.25, 0.3) is 5.92 Å². The summed E-state index contributed by atoms with van der Waals surface area (Å²) in [6.07, 6.45) is 6.42. The van der Waals surface area contributed by atoms with E-state index in [0.717, 1.165) is 83.9 Å². The van der Waals surface area contributed by atoms with E-state index >= 15 is 0 Å². The topological polar surface area (TPSA) is 159 Å². The molecule has 0 saturated carbocycles. The number of rotatable bonds is 12. The Kier molecular flexibility index (Phi) is 10.2. The van der Waals surface area contributed by atoms with Crippen LogP contribution in [0.5, 0.6) is 5.75 Å². The van der Waals surface area contributed by atoms with Crippen molar-refractivity contribution in [2.75, 3.05) is 53.8 Å². The van der Waals surface area contributed by atoms with Crippen molar-refractivity contribution in [3.05, 3.63) is 99.6 Å². The van der Waals surface area contributed by atoms with Crippen LogP contribution in [0.2, 0.25) is 0 Å². The number of alkyl halides is 2. The van der Waals surface area contributed by atoms with Gasteiger partial charge in [-0.05, 0) is 69.4 Å². The highest BCUT2D eigenvalue weighted by atomic mass is 19.3. The van der Waals surface area contributed by atoms with Crippen molar-refractivity contribution < 1.29 is 23.0 Å². The van der Waals surface area contributed by atoms with Crippen LogP contribution >= 0.6 is 0 Å². The van der Waals surface area contributed by atoms with Gasteiger partial charge in [-0.1, -0.05) is 30.3 Å². The van der Waals surface area contributed by atoms with Crippen LogP contribution in [0.1, 0.15) is 90.5 Å². The van der Waals surface area contributed by atoms with Crippen LogP contribution in [-0.4, -0.2) is 88.1 Å². The minimum Gasteiger partial charge on any atom is -0.495 e. The Balaban J connectivity index is 0.972. The maximum atomic E-state index is 14.6. The van der Waals surface area contributed by atoms with Crippen molar-refractivity contribution in [3.63, 3.8) is 0 Å². The molecule has 0 aliphatic carbocycles. The van der Waals surface area contributed by atoms with Gasteiger partial charge in [0.2, 0.25) is 0 Å². The molecule has 6 atom stereocenters. The normalized spacial score (nSPS) is 21.3. The summed E-state index contributed by atoms with van der Waals surface area (Å²) >= 11 is 0. The van der Waals surface area contributed by atoms with Crippen LogP contribution in [0.15, 0.2) is 54.9 Å². The van der Waals surface area contributed by atoms with E-state index in [2.05, 4.69) is 48.8 Å². The number of methoxy groups -OCH3 is 1. The summed E-state index contributed by atoms with van der Waals surface area (Å²) in [6, 6.07) is 15.3. The lowest BCUT2D eigenvalue weighted by Gasteiger charge is -2.29. The fraction of sp³-hybridized carbons (Fsp3) is 0.426. The standard InChI is InChI=1S/C47H49F2N11O3/c1-24-35(8-7-9-40(24)47(5,48)49)25(2)53-46-38-16-30(60-21-34-14-32(60)23-63-34)19-52-43(38)41(56-58-46)12-28-10-11-36(44(61-6)39(28)17-50)26(3)54-45-37-15-29(18-51-42(37)27(4)55-57-45)59-20-33-13-31(59)22-62-33/h7-11,15-16,18-19,25-26,31-34H,12-14,20-23H2,1-6H3,(H,53,58)(H,54,57)/t25-,26-,31?,32?,33?,34?/m1/s1. The van der Waals surface area contributed by atoms with Gasteiger partial charge in [0.1, 0.15) is 11.8 Å². The number of pyridine rings is 2. The molecule has 4 aliphatic rings. The smallest absolute Gasteiger partial charge is 0.270 e. The number of anilines is 4. The third-order valence-corrected chi connectivity index (χ3v) is 13.3. The number of hydrogen-bond acceptors (Lipinski definition) is 14. The number of hydrogen-bond donors (Lipinski definition) is 2. The average molecular weight is 854 g/mol. The molecule has 4 aliphatic heterocycles. The summed E-state index contributed by atoms with van der Waals surface area (Å²) in [7, 11) is 1.57. The van der Waals surface area contributed by atoms with Crippen LogP contribution in [0.3, 0.4) is 0 Å². The Hall–Kier alpha value is -6.31. The van der Waals surface area contributed by atoms with Gasteiger partial charge in [0.15, 0.2) is 11.6 Å². The van der Waals surface area contributed by atoms with Crippen molar-refractivity contribution in [2.45, 2.75) is 96.2 Å². The van der Waals surface area contributed by atoms with Gasteiger partial charge in [0, 0.05) is 48.3 Å². The first-order valence-electron chi connectivity index (χ1n) is 21.5. The number of fused-ring (bicyclic) bond motifs is 6. The number of morpholine rings is 2. The van der Waals surface area contributed by atoms with Crippen molar-refractivity contribution in [1.29, 1.82) is 5.26 Å². The number of halogens is 2. The molecule has 6 aromatic rings. The van der Waals surface area contributed by atoms with Crippen molar-refractivity contribution >= 4 is 44.8 Å². The molecule has 4 fully saturated rings. The monoisotopic (exact) mass is 853 g/mol. The minimum absolute atomic E-state index is 0.0149. The zero-order valence-electron chi connectivity index (χ0n) is 36.1. The molecule has 4 aromatic heterocycles. The molecule has 0 radical (unpaired) electrons. The van der Waals surface area contributed by atoms with Crippen molar-refractivity contribution in [3.8, 4) is 11.8 Å². The van der Waals surface area contributed by atoms with E-state index in [1.54, 1.807) is 20.1 Å². The number of nitriles is 1. The SMILES string of the molecule is COc1c([C@@H](C)Nc2nnc(C)c3ncc(N4CC5CC4CO5)cc23)ccc(Cc2nnc(N[C@H](C)c3cccc(C(C)(F)F)c3C)c3cc(N4CC5CC4CO5)cnc23)c1C#N. The lowest BCUT2D eigenvalue weighted by Crippen LogP contribution is -2.36. The lowest BCUT2D eigenvalue weighted by atomic mass is 9.94. The molecule has 8 heterocycles. The van der Waals surface area contributed by atoms with Gasteiger partial charge < -0.3 is 34.6 Å². The molecule has 63 heavy (non-hydrogen) atoms. The van der Waals surface area contributed by atoms with Gasteiger partial charge >= 0.3 is 0 Å². The predicted octanol–water partition coefficient (Wildman–Crippen LogP) is 7.86. The highest BCUT2D eigenvalue weighted by molar-refractivity contribution is 5.94. The maximum Gasteiger partial charge on any atom is 0.270 e. The first kappa shape index (κ1) is 40.7. The Labute approximate surface area is 364 Å². The van der Waals surface area contributed by atoms with Gasteiger partial charge in [-0.25, -0.2) is 8.78 Å². The number of benzene rings is 2. The maximum absolute atomic E-state index is 14.6. The molecular weight excluding hydrogens is 805 g/mol. The number of aromatic nitrogens is 6. The predicted molar refractivity (Wildman–Crippen MR) is 236 cm³/mol. The van der Waals surface area contributed by atoms with Crippen molar-refractivity contribution in [1.82, 2.24) is 30.4 Å². The third kappa shape index (κ3) is 7.26. The van der Waals surface area contributed by atoms with Gasteiger partial charge in [-0.3, -0.25) is 9.97 Å². The molecule has 0 spiro atoms. The number of ether oxygens (including phenoxy) is 3. The van der Waals surface area contributed by atoms with Crippen LogP contribution in [0.4, 0.5) is 31.8 Å². The van der Waals surface area contributed by atoms with E-state index < -0.39 is 5.92 Å². The van der Waals surface area contributed by atoms with Crippen LogP contribution < -0.4 is 25.2 Å². The highest BCUT2D eigenvalue weighted by Gasteiger charge is 2.40. The molecule has 2 N–H and O–H groups in total. The summed E-state index contributed by atoms with van der Waals surface area (Å²) < 4.78 is 46.9. The number of aryl methyl sites for hydroxylation is 1. The lowest BCUT2D eigenvalue weighted by molar-refractivity contribution is 0.0167. The summed E-state index contributed by atoms with van der Waals surface area (Å²) in [5, 5.41) is 37.7. The summed E-state index contributed by atoms with van der Waals surface area (Å²) in [6.45, 7) is 11.4. The van der Waals surface area contributed by atoms with E-state index in [-0.39, 0.29) is 42.3 Å². The summed E-state index contributed by atoms with van der Waals surface area (Å²) in [5.74, 6) is -1.49. The fourth-order valence-corrected chi connectivity index (χ4v) is 10.1. The molecule has 14 nitrogen and oxygen atoms in total. The van der Waals surface area contributed by atoms with E-state index in [1.165, 1.54) is 6.07 Å². The largest absolute Gasteiger partial charge is 0.495 e. The van der Waals surface area contributed by atoms with E-state index in [1.807, 2.05) is 51.4 Å². The zero-order chi connectivity index (χ0) is 43.7. The first-order valence-corrected chi connectivity index (χ1v) is 21.5. The molecule has 324 valence electrons. The number of nitrogens with one attached hydrogen (secondary N) is 2. The Bertz CT molecular complexity index is 2810. The van der Waals surface area contributed by atoms with Crippen LogP contribution in [-0.2, 0) is 21.8 Å². The van der Waals surface area contributed by atoms with Gasteiger partial charge in [-0.15, -0.1) is 10.2 Å². The molecule has 0 amide bonds. The Morgan fingerprint density at radius 3 is 2.02 bits per heavy atom. The molecule has 10 rings (SSSR count). The van der Waals surface area contributed by atoms with Gasteiger partial charge in [-0.2, -0.15) is 15.5 Å². The van der Waals surface area contributed by atoms with Gasteiger partial charge in [0.05, 0.1) is 108 Å². The quantitative estimate of drug-likeness (QED) is 0.123. The number of nitrogens with zero attached hydrogens (tertiary/aromatic N) is 9. The average Bonchev–Trinajstić information content (AvgIpc) is 4.12. The molecule has 4 bridgehead atoms. The molecule has 16 heteroatoms. The second-order valence-corrected chi connectivity index (χ2v) is 17.5. The summed E-state index contributed by atoms with van der Waals surface area (Å²) in [5.41, 5.74) is 7.72. The Morgan fingerprint density at radius 1 is 0.841 bits per heavy atom. The van der Waals surface area contributed by atoms with E-state index in [0.29, 0.717) is 57.9 Å². The van der Waals surface area contributed by atoms with Crippen molar-refractivity contribution in [2.24, 2.45) is 0 Å². The van der Waals surface area contributed by atoms with E-state index in [9.17, 15) is 14.0 Å². The molecular formula is C47H49F2N11O3. The molecule has 4 unspecified atom stereocenters.